The molecule has 0 radical (unpaired) electrons. The van der Waals surface area contributed by atoms with E-state index in [-0.39, 0.29) is 6.04 Å². The smallest absolute Gasteiger partial charge is 0.0576 e. The highest BCUT2D eigenvalue weighted by atomic mass is 16.5. The lowest BCUT2D eigenvalue weighted by Gasteiger charge is -2.15. The van der Waals surface area contributed by atoms with Crippen LogP contribution in [0.5, 0.6) is 0 Å². The molecule has 1 aliphatic heterocycles. The predicted molar refractivity (Wildman–Crippen MR) is 68.8 cm³/mol. The predicted octanol–water partition coefficient (Wildman–Crippen LogP) is 2.66. The first-order valence-corrected chi connectivity index (χ1v) is 6.47. The minimum absolute atomic E-state index is 0.111. The van der Waals surface area contributed by atoms with E-state index in [1.807, 2.05) is 13.8 Å². The number of nitrogens with two attached hydrogens (primary N) is 1. The minimum atomic E-state index is 0.111. The van der Waals surface area contributed by atoms with Gasteiger partial charge in [-0.3, -0.25) is 4.98 Å². The van der Waals surface area contributed by atoms with Crippen molar-refractivity contribution in [2.75, 3.05) is 6.61 Å². The van der Waals surface area contributed by atoms with Crippen molar-refractivity contribution in [3.05, 3.63) is 29.1 Å². The summed E-state index contributed by atoms with van der Waals surface area (Å²) < 4.78 is 5.62. The van der Waals surface area contributed by atoms with Gasteiger partial charge in [0.2, 0.25) is 0 Å². The van der Waals surface area contributed by atoms with E-state index in [9.17, 15) is 0 Å². The lowest BCUT2D eigenvalue weighted by atomic mass is 9.99. The molecule has 94 valence electrons. The fraction of sp³-hybridized carbons (Fsp3) is 0.643. The molecule has 1 saturated heterocycles. The molecule has 3 heteroatoms. The Labute approximate surface area is 103 Å². The van der Waals surface area contributed by atoms with Gasteiger partial charge in [-0.1, -0.05) is 0 Å². The number of ether oxygens (including phenoxy) is 1. The number of nitrogens with zero attached hydrogens (tertiary/aromatic N) is 1. The summed E-state index contributed by atoms with van der Waals surface area (Å²) in [5.74, 6) is 0. The molecule has 1 aliphatic rings. The molecule has 2 atom stereocenters. The Morgan fingerprint density at radius 1 is 1.41 bits per heavy atom. The van der Waals surface area contributed by atoms with Gasteiger partial charge < -0.3 is 10.5 Å². The lowest BCUT2D eigenvalue weighted by molar-refractivity contribution is 0.101. The topological polar surface area (TPSA) is 48.1 Å². The second kappa shape index (κ2) is 5.61. The summed E-state index contributed by atoms with van der Waals surface area (Å²) in [5, 5.41) is 0. The maximum atomic E-state index is 6.23. The number of pyridine rings is 1. The van der Waals surface area contributed by atoms with Crippen LogP contribution < -0.4 is 5.73 Å². The molecule has 0 aliphatic carbocycles. The van der Waals surface area contributed by atoms with Gasteiger partial charge in [0.15, 0.2) is 0 Å². The maximum absolute atomic E-state index is 6.23. The molecular weight excluding hydrogens is 212 g/mol. The quantitative estimate of drug-likeness (QED) is 0.871. The van der Waals surface area contributed by atoms with Gasteiger partial charge in [0.1, 0.15) is 0 Å². The van der Waals surface area contributed by atoms with E-state index in [4.69, 9.17) is 10.5 Å². The monoisotopic (exact) mass is 234 g/mol. The molecule has 0 amide bonds. The Morgan fingerprint density at radius 3 is 2.71 bits per heavy atom. The Morgan fingerprint density at radius 2 is 2.12 bits per heavy atom. The third-order valence-corrected chi connectivity index (χ3v) is 3.36. The normalized spacial score (nSPS) is 21.7. The highest BCUT2D eigenvalue weighted by molar-refractivity contribution is 5.23. The Hall–Kier alpha value is -0.930. The molecule has 2 N–H and O–H groups in total. The molecule has 0 spiro atoms. The van der Waals surface area contributed by atoms with Gasteiger partial charge in [-0.2, -0.15) is 0 Å². The Kier molecular flexibility index (Phi) is 4.13. The fourth-order valence-corrected chi connectivity index (χ4v) is 2.48. The van der Waals surface area contributed by atoms with Gasteiger partial charge in [-0.25, -0.2) is 0 Å². The van der Waals surface area contributed by atoms with Crippen LogP contribution in [0.2, 0.25) is 0 Å². The number of hydrogen-bond donors (Lipinski definition) is 1. The maximum Gasteiger partial charge on any atom is 0.0576 e. The van der Waals surface area contributed by atoms with Gasteiger partial charge in [0.25, 0.3) is 0 Å². The first-order chi connectivity index (χ1) is 8.15. The largest absolute Gasteiger partial charge is 0.378 e. The molecule has 3 nitrogen and oxygen atoms in total. The molecule has 1 aromatic rings. The average Bonchev–Trinajstić information content (AvgIpc) is 2.77. The van der Waals surface area contributed by atoms with E-state index in [1.165, 1.54) is 18.4 Å². The number of rotatable bonds is 4. The second-order valence-electron chi connectivity index (χ2n) is 5.00. The van der Waals surface area contributed by atoms with Crippen molar-refractivity contribution in [3.63, 3.8) is 0 Å². The van der Waals surface area contributed by atoms with Crippen molar-refractivity contribution in [1.82, 2.24) is 4.98 Å². The zero-order valence-electron chi connectivity index (χ0n) is 10.8. The molecule has 17 heavy (non-hydrogen) atoms. The first kappa shape index (κ1) is 12.5. The van der Waals surface area contributed by atoms with Crippen LogP contribution in [0.4, 0.5) is 0 Å². The fourth-order valence-electron chi connectivity index (χ4n) is 2.48. The highest BCUT2D eigenvalue weighted by Crippen LogP contribution is 2.23. The average molecular weight is 234 g/mol. The van der Waals surface area contributed by atoms with Crippen molar-refractivity contribution in [1.29, 1.82) is 0 Å². The van der Waals surface area contributed by atoms with Crippen LogP contribution in [0.15, 0.2) is 12.1 Å². The third kappa shape index (κ3) is 3.51. The molecule has 0 bridgehead atoms. The van der Waals surface area contributed by atoms with Crippen molar-refractivity contribution >= 4 is 0 Å². The minimum Gasteiger partial charge on any atom is -0.378 e. The summed E-state index contributed by atoms with van der Waals surface area (Å²) in [6.07, 6.45) is 4.90. The molecule has 2 heterocycles. The molecule has 1 fully saturated rings. The first-order valence-electron chi connectivity index (χ1n) is 6.47. The molecule has 2 unspecified atom stereocenters. The van der Waals surface area contributed by atoms with Gasteiger partial charge in [-0.05, 0) is 57.2 Å². The van der Waals surface area contributed by atoms with Crippen molar-refractivity contribution in [2.24, 2.45) is 5.73 Å². The van der Waals surface area contributed by atoms with Crippen LogP contribution in [-0.4, -0.2) is 17.7 Å². The second-order valence-corrected chi connectivity index (χ2v) is 5.00. The van der Waals surface area contributed by atoms with E-state index in [2.05, 4.69) is 17.1 Å². The van der Waals surface area contributed by atoms with Crippen LogP contribution in [-0.2, 0) is 4.74 Å². The van der Waals surface area contributed by atoms with Crippen LogP contribution >= 0.6 is 0 Å². The van der Waals surface area contributed by atoms with Gasteiger partial charge in [0, 0.05) is 24.0 Å². The van der Waals surface area contributed by atoms with Crippen LogP contribution in [0.1, 0.15) is 48.7 Å². The lowest BCUT2D eigenvalue weighted by Crippen LogP contribution is -2.15. The highest BCUT2D eigenvalue weighted by Gasteiger charge is 2.17. The Bertz CT molecular complexity index is 352. The number of aromatic nitrogens is 1. The van der Waals surface area contributed by atoms with Gasteiger partial charge >= 0.3 is 0 Å². The molecule has 0 aromatic carbocycles. The summed E-state index contributed by atoms with van der Waals surface area (Å²) in [5.41, 5.74) is 9.53. The molecule has 1 aromatic heterocycles. The van der Waals surface area contributed by atoms with E-state index in [1.54, 1.807) is 0 Å². The zero-order chi connectivity index (χ0) is 12.3. The molecule has 0 saturated carbocycles. The van der Waals surface area contributed by atoms with E-state index >= 15 is 0 Å². The van der Waals surface area contributed by atoms with E-state index < -0.39 is 0 Å². The summed E-state index contributed by atoms with van der Waals surface area (Å²) >= 11 is 0. The number of aryl methyl sites for hydroxylation is 2. The standard InChI is InChI=1S/C14H22N2O/c1-10-8-12(9-11(2)16-10)14(15)6-5-13-4-3-7-17-13/h8-9,13-14H,3-7,15H2,1-2H3. The van der Waals surface area contributed by atoms with E-state index in [0.29, 0.717) is 6.10 Å². The molecule has 2 rings (SSSR count). The van der Waals surface area contributed by atoms with Gasteiger partial charge in [0.05, 0.1) is 6.10 Å². The molecular formula is C14H22N2O. The van der Waals surface area contributed by atoms with Crippen LogP contribution in [0, 0.1) is 13.8 Å². The van der Waals surface area contributed by atoms with Crippen LogP contribution in [0.25, 0.3) is 0 Å². The summed E-state index contributed by atoms with van der Waals surface area (Å²) in [4.78, 5) is 4.37. The van der Waals surface area contributed by atoms with Gasteiger partial charge in [-0.15, -0.1) is 0 Å². The van der Waals surface area contributed by atoms with Crippen molar-refractivity contribution in [3.8, 4) is 0 Å². The zero-order valence-corrected chi connectivity index (χ0v) is 10.8. The third-order valence-electron chi connectivity index (χ3n) is 3.36. The summed E-state index contributed by atoms with van der Waals surface area (Å²) in [6, 6.07) is 4.29. The van der Waals surface area contributed by atoms with E-state index in [0.717, 1.165) is 30.8 Å². The summed E-state index contributed by atoms with van der Waals surface area (Å²) in [7, 11) is 0. The van der Waals surface area contributed by atoms with Crippen LogP contribution in [0.3, 0.4) is 0 Å². The SMILES string of the molecule is Cc1cc(C(N)CCC2CCCO2)cc(C)n1. The number of hydrogen-bond acceptors (Lipinski definition) is 3. The van der Waals surface area contributed by atoms with Crippen molar-refractivity contribution < 1.29 is 4.74 Å². The summed E-state index contributed by atoms with van der Waals surface area (Å²) in [6.45, 7) is 4.96. The Balaban J connectivity index is 1.91. The van der Waals surface area contributed by atoms with Crippen molar-refractivity contribution in [2.45, 2.75) is 51.7 Å².